The minimum absolute atomic E-state index is 0.0491. The Morgan fingerprint density at radius 3 is 2.52 bits per heavy atom. The molecular weight excluding hydrogens is 317 g/mol. The predicted molar refractivity (Wildman–Crippen MR) is 96.1 cm³/mol. The summed E-state index contributed by atoms with van der Waals surface area (Å²) in [6, 6.07) is 8.85. The third-order valence-corrected chi connectivity index (χ3v) is 5.13. The average Bonchev–Trinajstić information content (AvgIpc) is 2.62. The van der Waals surface area contributed by atoms with Gasteiger partial charge in [0.15, 0.2) is 0 Å². The maximum Gasteiger partial charge on any atom is 0.237 e. The standard InChI is InChI=1S/C20H28FN3O/c1-16(12-13-22)23(2)15-20(25)24(19-6-4-3-5-7-19)14-17-8-10-18(21)11-9-17/h8-11,16,19H,3-7,12,14-15H2,1-2H3/t16-/m1/s1. The van der Waals surface area contributed by atoms with Crippen molar-refractivity contribution in [2.75, 3.05) is 13.6 Å². The van der Waals surface area contributed by atoms with Crippen LogP contribution in [0.5, 0.6) is 0 Å². The van der Waals surface area contributed by atoms with Crippen LogP contribution >= 0.6 is 0 Å². The lowest BCUT2D eigenvalue weighted by atomic mass is 9.93. The molecule has 1 aliphatic carbocycles. The maximum absolute atomic E-state index is 13.2. The Bertz CT molecular complexity index is 590. The number of hydrogen-bond acceptors (Lipinski definition) is 3. The van der Waals surface area contributed by atoms with Gasteiger partial charge in [0.2, 0.25) is 5.91 Å². The van der Waals surface area contributed by atoms with Gasteiger partial charge in [-0.3, -0.25) is 9.69 Å². The number of amides is 1. The zero-order valence-corrected chi connectivity index (χ0v) is 15.2. The summed E-state index contributed by atoms with van der Waals surface area (Å²) in [4.78, 5) is 16.9. The minimum Gasteiger partial charge on any atom is -0.334 e. The van der Waals surface area contributed by atoms with Crippen LogP contribution in [-0.4, -0.2) is 41.4 Å². The van der Waals surface area contributed by atoms with Crippen LogP contribution in [0.15, 0.2) is 24.3 Å². The van der Waals surface area contributed by atoms with Gasteiger partial charge >= 0.3 is 0 Å². The first-order valence-electron chi connectivity index (χ1n) is 9.12. The van der Waals surface area contributed by atoms with E-state index in [4.69, 9.17) is 5.26 Å². The third kappa shape index (κ3) is 5.82. The van der Waals surface area contributed by atoms with Crippen LogP contribution in [0, 0.1) is 17.1 Å². The van der Waals surface area contributed by atoms with Crippen LogP contribution in [-0.2, 0) is 11.3 Å². The molecule has 0 heterocycles. The van der Waals surface area contributed by atoms with E-state index in [-0.39, 0.29) is 23.8 Å². The second-order valence-corrected chi connectivity index (χ2v) is 7.07. The van der Waals surface area contributed by atoms with Crippen LogP contribution in [0.1, 0.15) is 51.0 Å². The first-order chi connectivity index (χ1) is 12.0. The lowest BCUT2D eigenvalue weighted by Gasteiger charge is -2.36. The number of likely N-dealkylation sites (N-methyl/N-ethyl adjacent to an activating group) is 1. The summed E-state index contributed by atoms with van der Waals surface area (Å²) in [6.07, 6.45) is 6.01. The van der Waals surface area contributed by atoms with E-state index in [1.54, 1.807) is 12.1 Å². The molecule has 4 nitrogen and oxygen atoms in total. The van der Waals surface area contributed by atoms with E-state index >= 15 is 0 Å². The number of carbonyl (C=O) groups excluding carboxylic acids is 1. The van der Waals surface area contributed by atoms with Gasteiger partial charge in [0.1, 0.15) is 5.82 Å². The van der Waals surface area contributed by atoms with Crippen molar-refractivity contribution in [3.63, 3.8) is 0 Å². The second-order valence-electron chi connectivity index (χ2n) is 7.07. The molecule has 25 heavy (non-hydrogen) atoms. The van der Waals surface area contributed by atoms with Crippen molar-refractivity contribution in [2.45, 2.75) is 64.1 Å². The zero-order chi connectivity index (χ0) is 18.2. The normalized spacial score (nSPS) is 16.4. The Morgan fingerprint density at radius 2 is 1.92 bits per heavy atom. The van der Waals surface area contributed by atoms with Crippen molar-refractivity contribution >= 4 is 5.91 Å². The number of benzene rings is 1. The fourth-order valence-corrected chi connectivity index (χ4v) is 3.35. The zero-order valence-electron chi connectivity index (χ0n) is 15.2. The molecule has 1 aromatic rings. The largest absolute Gasteiger partial charge is 0.334 e. The molecule has 0 bridgehead atoms. The molecule has 0 N–H and O–H groups in total. The molecule has 0 saturated heterocycles. The molecule has 0 radical (unpaired) electrons. The number of nitrogens with zero attached hydrogens (tertiary/aromatic N) is 3. The summed E-state index contributed by atoms with van der Waals surface area (Å²) in [6.45, 7) is 2.78. The fourth-order valence-electron chi connectivity index (χ4n) is 3.35. The first-order valence-corrected chi connectivity index (χ1v) is 9.12. The van der Waals surface area contributed by atoms with Crippen LogP contribution in [0.4, 0.5) is 4.39 Å². The maximum atomic E-state index is 13.2. The van der Waals surface area contributed by atoms with E-state index in [1.807, 2.05) is 23.8 Å². The Kier molecular flexibility index (Phi) is 7.39. The van der Waals surface area contributed by atoms with Crippen LogP contribution in [0.2, 0.25) is 0 Å². The lowest BCUT2D eigenvalue weighted by molar-refractivity contribution is -0.136. The van der Waals surface area contributed by atoms with Gasteiger partial charge < -0.3 is 4.90 Å². The molecule has 1 atom stereocenters. The van der Waals surface area contributed by atoms with E-state index in [1.165, 1.54) is 18.6 Å². The third-order valence-electron chi connectivity index (χ3n) is 5.13. The van der Waals surface area contributed by atoms with Crippen molar-refractivity contribution < 1.29 is 9.18 Å². The number of hydrogen-bond donors (Lipinski definition) is 0. The molecule has 136 valence electrons. The molecule has 2 rings (SSSR count). The van der Waals surface area contributed by atoms with Crippen molar-refractivity contribution in [3.05, 3.63) is 35.6 Å². The van der Waals surface area contributed by atoms with E-state index in [0.29, 0.717) is 19.5 Å². The summed E-state index contributed by atoms with van der Waals surface area (Å²) in [7, 11) is 1.89. The number of rotatable bonds is 7. The van der Waals surface area contributed by atoms with Gasteiger partial charge in [0.25, 0.3) is 0 Å². The Hall–Kier alpha value is -1.93. The Balaban J connectivity index is 2.08. The topological polar surface area (TPSA) is 47.3 Å². The smallest absolute Gasteiger partial charge is 0.237 e. The Labute approximate surface area is 150 Å². The molecule has 0 spiro atoms. The van der Waals surface area contributed by atoms with Crippen molar-refractivity contribution in [2.24, 2.45) is 0 Å². The molecule has 1 fully saturated rings. The average molecular weight is 345 g/mol. The van der Waals surface area contributed by atoms with E-state index in [2.05, 4.69) is 6.07 Å². The van der Waals surface area contributed by atoms with Crippen molar-refractivity contribution in [1.82, 2.24) is 9.80 Å². The summed E-state index contributed by atoms with van der Waals surface area (Å²) in [5.74, 6) is -0.173. The molecule has 0 aromatic heterocycles. The summed E-state index contributed by atoms with van der Waals surface area (Å²) >= 11 is 0. The van der Waals surface area contributed by atoms with E-state index in [0.717, 1.165) is 31.2 Å². The second kappa shape index (κ2) is 9.53. The summed E-state index contributed by atoms with van der Waals surface area (Å²) in [5, 5.41) is 8.85. The molecule has 0 aliphatic heterocycles. The van der Waals surface area contributed by atoms with Crippen molar-refractivity contribution in [1.29, 1.82) is 5.26 Å². The SMILES string of the molecule is C[C@H](CC#N)N(C)CC(=O)N(Cc1ccc(F)cc1)C1CCCCC1. The Morgan fingerprint density at radius 1 is 1.28 bits per heavy atom. The molecular formula is C20H28FN3O. The highest BCUT2D eigenvalue weighted by Crippen LogP contribution is 2.24. The van der Waals surface area contributed by atoms with Gasteiger partial charge in [-0.15, -0.1) is 0 Å². The van der Waals surface area contributed by atoms with Gasteiger partial charge in [0.05, 0.1) is 19.0 Å². The van der Waals surface area contributed by atoms with Gasteiger partial charge in [-0.1, -0.05) is 31.4 Å². The minimum atomic E-state index is -0.260. The van der Waals surface area contributed by atoms with Crippen molar-refractivity contribution in [3.8, 4) is 6.07 Å². The molecule has 1 aromatic carbocycles. The van der Waals surface area contributed by atoms with Gasteiger partial charge in [-0.2, -0.15) is 5.26 Å². The summed E-state index contributed by atoms with van der Waals surface area (Å²) < 4.78 is 13.2. The molecule has 1 aliphatic rings. The van der Waals surface area contributed by atoms with E-state index < -0.39 is 0 Å². The first kappa shape index (κ1) is 19.4. The monoisotopic (exact) mass is 345 g/mol. The highest BCUT2D eigenvalue weighted by Gasteiger charge is 2.27. The quantitative estimate of drug-likeness (QED) is 0.757. The fraction of sp³-hybridized carbons (Fsp3) is 0.600. The summed E-state index contributed by atoms with van der Waals surface area (Å²) in [5.41, 5.74) is 0.952. The highest BCUT2D eigenvalue weighted by molar-refractivity contribution is 5.78. The van der Waals surface area contributed by atoms with Gasteiger partial charge in [-0.05, 0) is 44.5 Å². The van der Waals surface area contributed by atoms with Crippen LogP contribution < -0.4 is 0 Å². The molecule has 1 amide bonds. The lowest BCUT2D eigenvalue weighted by Crippen LogP contribution is -2.46. The number of nitriles is 1. The number of carbonyl (C=O) groups is 1. The predicted octanol–water partition coefficient (Wildman–Crippen LogP) is 3.72. The van der Waals surface area contributed by atoms with Crippen LogP contribution in [0.3, 0.4) is 0 Å². The number of halogens is 1. The van der Waals surface area contributed by atoms with Crippen LogP contribution in [0.25, 0.3) is 0 Å². The molecule has 0 unspecified atom stereocenters. The highest BCUT2D eigenvalue weighted by atomic mass is 19.1. The molecule has 1 saturated carbocycles. The van der Waals surface area contributed by atoms with Gasteiger partial charge in [-0.25, -0.2) is 4.39 Å². The van der Waals surface area contributed by atoms with Gasteiger partial charge in [0, 0.05) is 18.6 Å². The van der Waals surface area contributed by atoms with E-state index in [9.17, 15) is 9.18 Å². The molecule has 5 heteroatoms.